The van der Waals surface area contributed by atoms with Gasteiger partial charge in [-0.2, -0.15) is 0 Å². The van der Waals surface area contributed by atoms with Crippen LogP contribution in [0.25, 0.3) is 6.08 Å². The van der Waals surface area contributed by atoms with Crippen LogP contribution in [0.15, 0.2) is 22.4 Å². The molecule has 1 saturated heterocycles. The molecule has 1 aromatic rings. The Morgan fingerprint density at radius 2 is 2.27 bits per heavy atom. The predicted molar refractivity (Wildman–Crippen MR) is 89.4 cm³/mol. The van der Waals surface area contributed by atoms with Crippen LogP contribution < -0.4 is 5.32 Å². The van der Waals surface area contributed by atoms with E-state index >= 15 is 0 Å². The maximum atomic E-state index is 12.3. The second-order valence-electron chi connectivity index (χ2n) is 4.41. The lowest BCUT2D eigenvalue weighted by Gasteiger charge is -2.15. The molecule has 1 aliphatic rings. The highest BCUT2D eigenvalue weighted by Crippen LogP contribution is 2.32. The minimum atomic E-state index is -1.14. The zero-order chi connectivity index (χ0) is 16.3. The van der Waals surface area contributed by atoms with Crippen molar-refractivity contribution in [2.24, 2.45) is 0 Å². The first-order chi connectivity index (χ1) is 10.4. The van der Waals surface area contributed by atoms with Crippen molar-refractivity contribution in [1.82, 2.24) is 10.2 Å². The van der Waals surface area contributed by atoms with E-state index in [0.29, 0.717) is 4.91 Å². The summed E-state index contributed by atoms with van der Waals surface area (Å²) < 4.78 is 0.283. The van der Waals surface area contributed by atoms with Gasteiger partial charge in [-0.25, -0.2) is 0 Å². The number of hydrogen-bond donors (Lipinski definition) is 2. The Kier molecular flexibility index (Phi) is 5.33. The van der Waals surface area contributed by atoms with E-state index in [9.17, 15) is 14.4 Å². The molecule has 2 rings (SSSR count). The third-order valence-electron chi connectivity index (χ3n) is 2.74. The Labute approximate surface area is 140 Å². The molecule has 1 unspecified atom stereocenters. The summed E-state index contributed by atoms with van der Waals surface area (Å²) in [6, 6.07) is 2.73. The first-order valence-electron chi connectivity index (χ1n) is 6.19. The van der Waals surface area contributed by atoms with Crippen molar-refractivity contribution >= 4 is 63.5 Å². The molecule has 6 nitrogen and oxygen atoms in total. The fourth-order valence-electron chi connectivity index (χ4n) is 1.63. The molecule has 2 N–H and O–H groups in total. The van der Waals surface area contributed by atoms with E-state index < -0.39 is 17.9 Å². The third kappa shape index (κ3) is 3.93. The smallest absolute Gasteiger partial charge is 0.325 e. The van der Waals surface area contributed by atoms with Crippen LogP contribution in [0.4, 0.5) is 0 Å². The van der Waals surface area contributed by atoms with Gasteiger partial charge in [0.25, 0.3) is 5.91 Å². The van der Waals surface area contributed by atoms with Crippen molar-refractivity contribution in [2.75, 3.05) is 6.54 Å². The van der Waals surface area contributed by atoms with Crippen LogP contribution in [0.1, 0.15) is 11.8 Å². The first-order valence-corrected chi connectivity index (χ1v) is 8.30. The highest BCUT2D eigenvalue weighted by Gasteiger charge is 2.33. The Bertz CT molecular complexity index is 654. The monoisotopic (exact) mass is 356 g/mol. The van der Waals surface area contributed by atoms with E-state index in [1.54, 1.807) is 6.08 Å². The number of hydrogen-bond acceptors (Lipinski definition) is 6. The van der Waals surface area contributed by atoms with Gasteiger partial charge < -0.3 is 10.4 Å². The fraction of sp³-hybridized carbons (Fsp3) is 0.231. The molecule has 2 amide bonds. The number of carboxylic acid groups (broad SMARTS) is 1. The average molecular weight is 356 g/mol. The van der Waals surface area contributed by atoms with Crippen molar-refractivity contribution in [3.8, 4) is 0 Å². The normalized spacial score (nSPS) is 17.9. The number of nitrogens with zero attached hydrogens (tertiary/aromatic N) is 1. The van der Waals surface area contributed by atoms with E-state index in [1.165, 1.54) is 23.2 Å². The minimum absolute atomic E-state index is 0.283. The van der Waals surface area contributed by atoms with Crippen LogP contribution in [0.3, 0.4) is 0 Å². The molecule has 116 valence electrons. The molecule has 0 aliphatic carbocycles. The van der Waals surface area contributed by atoms with Gasteiger partial charge in [-0.1, -0.05) is 30.0 Å². The van der Waals surface area contributed by atoms with Crippen molar-refractivity contribution in [3.63, 3.8) is 0 Å². The average Bonchev–Trinajstić information content (AvgIpc) is 3.03. The molecule has 9 heteroatoms. The van der Waals surface area contributed by atoms with Gasteiger partial charge >= 0.3 is 5.97 Å². The van der Waals surface area contributed by atoms with E-state index in [-0.39, 0.29) is 16.8 Å². The van der Waals surface area contributed by atoms with Gasteiger partial charge in [0.05, 0.1) is 4.91 Å². The summed E-state index contributed by atoms with van der Waals surface area (Å²) in [7, 11) is 0. The number of thiophene rings is 1. The molecule has 1 fully saturated rings. The number of carbonyl (C=O) groups is 3. The van der Waals surface area contributed by atoms with Gasteiger partial charge in [-0.15, -0.1) is 11.3 Å². The number of aliphatic carboxylic acids is 1. The number of carboxylic acids is 1. The number of thiocarbonyl (C=S) groups is 1. The number of carbonyl (C=O) groups excluding carboxylic acids is 2. The van der Waals surface area contributed by atoms with Crippen LogP contribution >= 0.6 is 35.3 Å². The number of rotatable bonds is 5. The molecule has 0 saturated carbocycles. The van der Waals surface area contributed by atoms with Gasteiger partial charge in [0, 0.05) is 4.88 Å². The molecule has 1 aromatic heterocycles. The van der Waals surface area contributed by atoms with E-state index in [4.69, 9.17) is 17.3 Å². The topological polar surface area (TPSA) is 86.7 Å². The summed E-state index contributed by atoms with van der Waals surface area (Å²) >= 11 is 7.73. The molecular formula is C13H12N2O4S3. The molecule has 0 spiro atoms. The van der Waals surface area contributed by atoms with Crippen LogP contribution in [0.2, 0.25) is 0 Å². The third-order valence-corrected chi connectivity index (χ3v) is 4.94. The summed E-state index contributed by atoms with van der Waals surface area (Å²) in [4.78, 5) is 37.3. The Morgan fingerprint density at radius 1 is 1.55 bits per heavy atom. The van der Waals surface area contributed by atoms with Gasteiger partial charge in [0.2, 0.25) is 5.91 Å². The highest BCUT2D eigenvalue weighted by molar-refractivity contribution is 8.26. The van der Waals surface area contributed by atoms with Gasteiger partial charge in [0.15, 0.2) is 0 Å². The molecule has 2 heterocycles. The van der Waals surface area contributed by atoms with Crippen molar-refractivity contribution in [3.05, 3.63) is 27.3 Å². The summed E-state index contributed by atoms with van der Waals surface area (Å²) in [6.07, 6.45) is 1.72. The Morgan fingerprint density at radius 3 is 2.86 bits per heavy atom. The SMILES string of the molecule is CC(NC(=O)CN1C(=O)/C(=C/c2cccs2)SC1=S)C(=O)O. The molecule has 0 bridgehead atoms. The van der Waals surface area contributed by atoms with Crippen molar-refractivity contribution in [2.45, 2.75) is 13.0 Å². The Hall–Kier alpha value is -1.71. The summed E-state index contributed by atoms with van der Waals surface area (Å²) in [6.45, 7) is 1.06. The molecule has 0 aromatic carbocycles. The van der Waals surface area contributed by atoms with E-state index in [0.717, 1.165) is 16.6 Å². The molecule has 1 atom stereocenters. The maximum absolute atomic E-state index is 12.3. The second-order valence-corrected chi connectivity index (χ2v) is 7.07. The number of nitrogens with one attached hydrogen (secondary N) is 1. The standard InChI is InChI=1S/C13H12N2O4S3/c1-7(12(18)19)14-10(16)6-15-11(17)9(22-13(15)20)5-8-3-2-4-21-8/h2-5,7H,6H2,1H3,(H,14,16)(H,18,19)/b9-5-. The van der Waals surface area contributed by atoms with Crippen molar-refractivity contribution in [1.29, 1.82) is 0 Å². The largest absolute Gasteiger partial charge is 0.480 e. The van der Waals surface area contributed by atoms with Crippen LogP contribution in [0, 0.1) is 0 Å². The summed E-state index contributed by atoms with van der Waals surface area (Å²) in [5.41, 5.74) is 0. The summed E-state index contributed by atoms with van der Waals surface area (Å²) in [5, 5.41) is 12.9. The van der Waals surface area contributed by atoms with E-state index in [1.807, 2.05) is 17.5 Å². The first kappa shape index (κ1) is 16.7. The fourth-order valence-corrected chi connectivity index (χ4v) is 3.61. The van der Waals surface area contributed by atoms with Gasteiger partial charge in [-0.05, 0) is 24.4 Å². The van der Waals surface area contributed by atoms with E-state index in [2.05, 4.69) is 5.32 Å². The highest BCUT2D eigenvalue weighted by atomic mass is 32.2. The molecular weight excluding hydrogens is 344 g/mol. The molecule has 1 aliphatic heterocycles. The molecule has 0 radical (unpaired) electrons. The van der Waals surface area contributed by atoms with Crippen LogP contribution in [-0.4, -0.2) is 44.7 Å². The zero-order valence-electron chi connectivity index (χ0n) is 11.4. The lowest BCUT2D eigenvalue weighted by atomic mass is 10.3. The van der Waals surface area contributed by atoms with Crippen LogP contribution in [0.5, 0.6) is 0 Å². The molecule has 22 heavy (non-hydrogen) atoms. The number of amides is 2. The number of thioether (sulfide) groups is 1. The Balaban J connectivity index is 2.03. The van der Waals surface area contributed by atoms with Crippen LogP contribution in [-0.2, 0) is 14.4 Å². The lowest BCUT2D eigenvalue weighted by Crippen LogP contribution is -2.45. The maximum Gasteiger partial charge on any atom is 0.325 e. The zero-order valence-corrected chi connectivity index (χ0v) is 13.9. The van der Waals surface area contributed by atoms with Crippen molar-refractivity contribution < 1.29 is 19.5 Å². The van der Waals surface area contributed by atoms with Gasteiger partial charge in [-0.3, -0.25) is 19.3 Å². The van der Waals surface area contributed by atoms with Gasteiger partial charge in [0.1, 0.15) is 16.9 Å². The second kappa shape index (κ2) is 7.03. The summed E-state index contributed by atoms with van der Waals surface area (Å²) in [5.74, 6) is -2.05. The quantitative estimate of drug-likeness (QED) is 0.615. The minimum Gasteiger partial charge on any atom is -0.480 e. The lowest BCUT2D eigenvalue weighted by molar-refractivity contribution is -0.141. The predicted octanol–water partition coefficient (Wildman–Crippen LogP) is 1.54.